The Bertz CT molecular complexity index is 399. The summed E-state index contributed by atoms with van der Waals surface area (Å²) < 4.78 is 0. The Labute approximate surface area is 97.0 Å². The summed E-state index contributed by atoms with van der Waals surface area (Å²) in [6.07, 6.45) is 0.590. The van der Waals surface area contributed by atoms with Crippen LogP contribution >= 0.6 is 0 Å². The molecule has 1 rings (SSSR count). The summed E-state index contributed by atoms with van der Waals surface area (Å²) in [7, 11) is 1.61. The maximum Gasteiger partial charge on any atom is 0.237 e. The molecular formula is C13H20N2O. The minimum Gasteiger partial charge on any atom is -0.358 e. The third kappa shape index (κ3) is 2.61. The molecule has 1 atom stereocenters. The second kappa shape index (κ2) is 5.12. The fraction of sp³-hybridized carbons (Fsp3) is 0.462. The molecule has 0 heterocycles. The first-order valence-electron chi connectivity index (χ1n) is 5.50. The topological polar surface area (TPSA) is 55.1 Å². The van der Waals surface area contributed by atoms with E-state index < -0.39 is 6.04 Å². The highest BCUT2D eigenvalue weighted by molar-refractivity contribution is 5.81. The number of likely N-dealkylation sites (N-methyl/N-ethyl adjacent to an activating group) is 1. The molecule has 1 unspecified atom stereocenters. The van der Waals surface area contributed by atoms with Gasteiger partial charge in [-0.25, -0.2) is 0 Å². The normalized spacial score (nSPS) is 12.3. The summed E-state index contributed by atoms with van der Waals surface area (Å²) in [6.45, 7) is 6.26. The molecule has 0 saturated heterocycles. The zero-order chi connectivity index (χ0) is 12.3. The van der Waals surface area contributed by atoms with Gasteiger partial charge >= 0.3 is 0 Å². The van der Waals surface area contributed by atoms with Crippen LogP contribution in [0.3, 0.4) is 0 Å². The summed E-state index contributed by atoms with van der Waals surface area (Å²) >= 11 is 0. The number of aryl methyl sites for hydroxylation is 1. The average molecular weight is 220 g/mol. The van der Waals surface area contributed by atoms with Crippen LogP contribution in [0.15, 0.2) is 12.1 Å². The third-order valence-corrected chi connectivity index (χ3v) is 3.19. The molecule has 0 saturated carbocycles. The smallest absolute Gasteiger partial charge is 0.237 e. The first-order chi connectivity index (χ1) is 7.47. The van der Waals surface area contributed by atoms with E-state index in [4.69, 9.17) is 5.73 Å². The third-order valence-electron chi connectivity index (χ3n) is 3.19. The number of carbonyl (C=O) groups excluding carboxylic acids is 1. The maximum absolute atomic E-state index is 11.3. The van der Waals surface area contributed by atoms with E-state index >= 15 is 0 Å². The quantitative estimate of drug-likeness (QED) is 0.805. The minimum absolute atomic E-state index is 0.113. The van der Waals surface area contributed by atoms with E-state index in [1.54, 1.807) is 7.05 Å². The molecule has 0 radical (unpaired) electrons. The lowest BCUT2D eigenvalue weighted by molar-refractivity contribution is -0.121. The predicted octanol–water partition coefficient (Wildman–Crippen LogP) is 1.23. The number of rotatable bonds is 3. The van der Waals surface area contributed by atoms with Crippen LogP contribution in [0, 0.1) is 20.8 Å². The lowest BCUT2D eigenvalue weighted by Crippen LogP contribution is -2.40. The van der Waals surface area contributed by atoms with E-state index in [2.05, 4.69) is 38.2 Å². The summed E-state index contributed by atoms with van der Waals surface area (Å²) in [5.74, 6) is -0.113. The molecule has 3 nitrogen and oxygen atoms in total. The lowest BCUT2D eigenvalue weighted by atomic mass is 9.94. The van der Waals surface area contributed by atoms with Crippen LogP contribution in [0.4, 0.5) is 0 Å². The van der Waals surface area contributed by atoms with E-state index in [0.29, 0.717) is 6.42 Å². The molecule has 0 fully saturated rings. The van der Waals surface area contributed by atoms with Crippen LogP contribution in [0.25, 0.3) is 0 Å². The molecular weight excluding hydrogens is 200 g/mol. The molecule has 0 aliphatic rings. The molecule has 1 aromatic carbocycles. The van der Waals surface area contributed by atoms with Crippen molar-refractivity contribution in [1.82, 2.24) is 5.32 Å². The highest BCUT2D eigenvalue weighted by Gasteiger charge is 2.14. The van der Waals surface area contributed by atoms with Crippen LogP contribution in [-0.4, -0.2) is 19.0 Å². The highest BCUT2D eigenvalue weighted by Crippen LogP contribution is 2.18. The number of benzene rings is 1. The van der Waals surface area contributed by atoms with E-state index in [1.807, 2.05) is 0 Å². The molecule has 3 N–H and O–H groups in total. The summed E-state index contributed by atoms with van der Waals surface area (Å²) in [5, 5.41) is 2.57. The van der Waals surface area contributed by atoms with Gasteiger partial charge in [0.2, 0.25) is 5.91 Å². The fourth-order valence-electron chi connectivity index (χ4n) is 1.75. The number of nitrogens with two attached hydrogens (primary N) is 1. The van der Waals surface area contributed by atoms with Crippen molar-refractivity contribution >= 4 is 5.91 Å². The van der Waals surface area contributed by atoms with Crippen molar-refractivity contribution in [3.05, 3.63) is 34.4 Å². The van der Waals surface area contributed by atoms with Gasteiger partial charge in [0, 0.05) is 7.05 Å². The molecule has 88 valence electrons. The molecule has 0 spiro atoms. The van der Waals surface area contributed by atoms with Crippen molar-refractivity contribution in [3.8, 4) is 0 Å². The standard InChI is InChI=1S/C13H20N2O/c1-8-5-6-11(10(3)9(8)2)7-12(14)13(16)15-4/h5-6,12H,7,14H2,1-4H3,(H,15,16). The number of carbonyl (C=O) groups is 1. The first kappa shape index (κ1) is 12.7. The number of hydrogen-bond acceptors (Lipinski definition) is 2. The van der Waals surface area contributed by atoms with Gasteiger partial charge in [0.25, 0.3) is 0 Å². The predicted molar refractivity (Wildman–Crippen MR) is 66.4 cm³/mol. The van der Waals surface area contributed by atoms with Gasteiger partial charge in [0.1, 0.15) is 0 Å². The van der Waals surface area contributed by atoms with Gasteiger partial charge in [-0.2, -0.15) is 0 Å². The summed E-state index contributed by atoms with van der Waals surface area (Å²) in [4.78, 5) is 11.3. The monoisotopic (exact) mass is 220 g/mol. The van der Waals surface area contributed by atoms with Crippen molar-refractivity contribution < 1.29 is 4.79 Å². The lowest BCUT2D eigenvalue weighted by Gasteiger charge is -2.14. The SMILES string of the molecule is CNC(=O)C(N)Cc1ccc(C)c(C)c1C. The Morgan fingerprint density at radius 2 is 1.94 bits per heavy atom. The highest BCUT2D eigenvalue weighted by atomic mass is 16.2. The number of nitrogens with one attached hydrogen (secondary N) is 1. The molecule has 0 aromatic heterocycles. The van der Waals surface area contributed by atoms with Gasteiger partial charge in [-0.1, -0.05) is 12.1 Å². The van der Waals surface area contributed by atoms with Gasteiger partial charge in [0.05, 0.1) is 6.04 Å². The van der Waals surface area contributed by atoms with E-state index in [9.17, 15) is 4.79 Å². The largest absolute Gasteiger partial charge is 0.358 e. The van der Waals surface area contributed by atoms with Crippen LogP contribution in [-0.2, 0) is 11.2 Å². The van der Waals surface area contributed by atoms with Crippen LogP contribution in [0.2, 0.25) is 0 Å². The van der Waals surface area contributed by atoms with Gasteiger partial charge in [-0.05, 0) is 49.4 Å². The van der Waals surface area contributed by atoms with Crippen molar-refractivity contribution in [2.45, 2.75) is 33.2 Å². The molecule has 0 aliphatic heterocycles. The maximum atomic E-state index is 11.3. The first-order valence-corrected chi connectivity index (χ1v) is 5.50. The van der Waals surface area contributed by atoms with Gasteiger partial charge in [-0.3, -0.25) is 4.79 Å². The van der Waals surface area contributed by atoms with Gasteiger partial charge < -0.3 is 11.1 Å². The van der Waals surface area contributed by atoms with Crippen LogP contribution < -0.4 is 11.1 Å². The number of amides is 1. The molecule has 1 aromatic rings. The fourth-order valence-corrected chi connectivity index (χ4v) is 1.75. The number of hydrogen-bond donors (Lipinski definition) is 2. The van der Waals surface area contributed by atoms with Gasteiger partial charge in [-0.15, -0.1) is 0 Å². The molecule has 0 aliphatic carbocycles. The van der Waals surface area contributed by atoms with Crippen molar-refractivity contribution in [2.24, 2.45) is 5.73 Å². The molecule has 1 amide bonds. The van der Waals surface area contributed by atoms with Gasteiger partial charge in [0.15, 0.2) is 0 Å². The minimum atomic E-state index is -0.467. The zero-order valence-corrected chi connectivity index (χ0v) is 10.4. The molecule has 16 heavy (non-hydrogen) atoms. The average Bonchev–Trinajstić information content (AvgIpc) is 2.28. The second-order valence-electron chi connectivity index (χ2n) is 4.22. The summed E-state index contributed by atoms with van der Waals surface area (Å²) in [6, 6.07) is 3.67. The van der Waals surface area contributed by atoms with Crippen molar-refractivity contribution in [3.63, 3.8) is 0 Å². The van der Waals surface area contributed by atoms with Crippen molar-refractivity contribution in [2.75, 3.05) is 7.05 Å². The Balaban J connectivity index is 2.90. The Hall–Kier alpha value is -1.35. The zero-order valence-electron chi connectivity index (χ0n) is 10.4. The molecule has 3 heteroatoms. The second-order valence-corrected chi connectivity index (χ2v) is 4.22. The summed E-state index contributed by atoms with van der Waals surface area (Å²) in [5.41, 5.74) is 10.7. The molecule has 0 bridgehead atoms. The van der Waals surface area contributed by atoms with E-state index in [1.165, 1.54) is 16.7 Å². The Kier molecular flexibility index (Phi) is 4.07. The Morgan fingerprint density at radius 3 is 2.50 bits per heavy atom. The van der Waals surface area contributed by atoms with Crippen LogP contribution in [0.5, 0.6) is 0 Å². The van der Waals surface area contributed by atoms with Crippen LogP contribution in [0.1, 0.15) is 22.3 Å². The van der Waals surface area contributed by atoms with Crippen molar-refractivity contribution in [1.29, 1.82) is 0 Å². The van der Waals surface area contributed by atoms with E-state index in [0.717, 1.165) is 5.56 Å². The Morgan fingerprint density at radius 1 is 1.31 bits per heavy atom. The van der Waals surface area contributed by atoms with E-state index in [-0.39, 0.29) is 5.91 Å².